The van der Waals surface area contributed by atoms with Crippen LogP contribution in [0.1, 0.15) is 61.2 Å². The van der Waals surface area contributed by atoms with Gasteiger partial charge >= 0.3 is 12.3 Å². The number of anilines is 2. The first-order chi connectivity index (χ1) is 24.2. The van der Waals surface area contributed by atoms with Crippen LogP contribution in [0.4, 0.5) is 29.3 Å². The lowest BCUT2D eigenvalue weighted by Crippen LogP contribution is -2.51. The van der Waals surface area contributed by atoms with E-state index in [2.05, 4.69) is 10.4 Å². The molecule has 1 aliphatic carbocycles. The number of fused-ring (bicyclic) bond motifs is 3. The topological polar surface area (TPSA) is 123 Å². The zero-order valence-corrected chi connectivity index (χ0v) is 29.0. The first kappa shape index (κ1) is 34.5. The number of aromatic nitrogens is 4. The molecule has 12 nitrogen and oxygen atoms in total. The third-order valence-corrected chi connectivity index (χ3v) is 9.58. The van der Waals surface area contributed by atoms with Crippen LogP contribution in [0.15, 0.2) is 35.1 Å². The van der Waals surface area contributed by atoms with Gasteiger partial charge in [-0.3, -0.25) is 9.59 Å². The molecule has 1 fully saturated rings. The molecule has 0 saturated carbocycles. The molecule has 51 heavy (non-hydrogen) atoms. The number of nitrogens with zero attached hydrogens (tertiary/aromatic N) is 6. The molecule has 0 unspecified atom stereocenters. The van der Waals surface area contributed by atoms with E-state index in [-0.39, 0.29) is 24.3 Å². The van der Waals surface area contributed by atoms with Crippen molar-refractivity contribution < 1.29 is 32.2 Å². The van der Waals surface area contributed by atoms with Gasteiger partial charge in [-0.15, -0.1) is 5.10 Å². The molecular formula is C36H40F3N7O5. The van der Waals surface area contributed by atoms with Gasteiger partial charge in [0.25, 0.3) is 5.56 Å². The number of halogens is 3. The predicted octanol–water partition coefficient (Wildman–Crippen LogP) is 5.01. The normalized spacial score (nSPS) is 16.1. The fourth-order valence-electron chi connectivity index (χ4n) is 7.05. The van der Waals surface area contributed by atoms with E-state index in [1.54, 1.807) is 30.2 Å². The summed E-state index contributed by atoms with van der Waals surface area (Å²) in [5.41, 5.74) is 3.07. The van der Waals surface area contributed by atoms with Crippen LogP contribution < -0.4 is 15.8 Å². The molecule has 0 spiro atoms. The van der Waals surface area contributed by atoms with Gasteiger partial charge in [-0.2, -0.15) is 22.7 Å². The van der Waals surface area contributed by atoms with Gasteiger partial charge in [-0.25, -0.2) is 4.79 Å². The Morgan fingerprint density at radius 2 is 1.73 bits per heavy atom. The molecule has 0 radical (unpaired) electrons. The van der Waals surface area contributed by atoms with E-state index in [4.69, 9.17) is 14.5 Å². The predicted molar refractivity (Wildman–Crippen MR) is 183 cm³/mol. The molecule has 4 heterocycles. The summed E-state index contributed by atoms with van der Waals surface area (Å²) < 4.78 is 54.7. The van der Waals surface area contributed by atoms with Crippen LogP contribution in [0, 0.1) is 0 Å². The van der Waals surface area contributed by atoms with Crippen LogP contribution in [0.3, 0.4) is 0 Å². The van der Waals surface area contributed by atoms with Crippen molar-refractivity contribution >= 4 is 29.2 Å². The average molecular weight is 708 g/mol. The maximum absolute atomic E-state index is 14.3. The van der Waals surface area contributed by atoms with Crippen molar-refractivity contribution in [3.8, 4) is 11.4 Å². The smallest absolute Gasteiger partial charge is 0.416 e. The minimum absolute atomic E-state index is 0.166. The number of carbonyl (C=O) groups is 2. The summed E-state index contributed by atoms with van der Waals surface area (Å²) in [6, 6.07) is 8.14. The molecule has 2 aromatic carbocycles. The minimum atomic E-state index is -4.48. The van der Waals surface area contributed by atoms with Crippen LogP contribution in [-0.4, -0.2) is 74.5 Å². The van der Waals surface area contributed by atoms with Crippen molar-refractivity contribution in [1.29, 1.82) is 0 Å². The molecule has 2 aromatic heterocycles. The number of amides is 2. The Hall–Kier alpha value is -4.92. The summed E-state index contributed by atoms with van der Waals surface area (Å²) in [6.45, 7) is 9.44. The molecule has 3 aliphatic rings. The molecular weight excluding hydrogens is 667 g/mol. The Labute approximate surface area is 292 Å². The molecule has 2 aliphatic heterocycles. The van der Waals surface area contributed by atoms with E-state index in [0.717, 1.165) is 23.6 Å². The quantitative estimate of drug-likeness (QED) is 0.297. The summed E-state index contributed by atoms with van der Waals surface area (Å²) in [6.07, 6.45) is -3.10. The van der Waals surface area contributed by atoms with Crippen LogP contribution in [0.2, 0.25) is 0 Å². The van der Waals surface area contributed by atoms with Gasteiger partial charge in [0.05, 0.1) is 24.5 Å². The molecule has 4 aromatic rings. The largest absolute Gasteiger partial charge is 0.444 e. The second-order valence-corrected chi connectivity index (χ2v) is 14.1. The molecule has 270 valence electrons. The van der Waals surface area contributed by atoms with E-state index in [1.165, 1.54) is 10.6 Å². The molecule has 2 amide bonds. The van der Waals surface area contributed by atoms with Crippen LogP contribution in [0.25, 0.3) is 17.2 Å². The van der Waals surface area contributed by atoms with Gasteiger partial charge < -0.3 is 29.2 Å². The van der Waals surface area contributed by atoms with Gasteiger partial charge in [-0.1, -0.05) is 19.1 Å². The van der Waals surface area contributed by atoms with Crippen LogP contribution >= 0.6 is 0 Å². The summed E-state index contributed by atoms with van der Waals surface area (Å²) >= 11 is 0. The number of hydrogen-bond acceptors (Lipinski definition) is 8. The Balaban J connectivity index is 1.26. The van der Waals surface area contributed by atoms with E-state index in [0.29, 0.717) is 86.3 Å². The monoisotopic (exact) mass is 707 g/mol. The number of hydrogen-bond donors (Lipinski definition) is 1. The van der Waals surface area contributed by atoms with Crippen molar-refractivity contribution in [2.45, 2.75) is 78.3 Å². The fraction of sp³-hybridized carbons (Fsp3) is 0.472. The Bertz CT molecular complexity index is 2090. The van der Waals surface area contributed by atoms with Gasteiger partial charge in [-0.05, 0) is 86.9 Å². The standard InChI is InChI=1S/C36H40F3N7O5/c1-5-28-30(43-13-15-44(16-14-43)34(49)51-35(2,3)4)32(48)46-33(41-31(42-46)22-6-7-23-20-50-17-12-21(23)18-22)45(28)19-29(47)40-27-11-10-26(36(37,38)39)24-8-9-25(24)27/h6-7,10-11,18H,5,8-9,12-17,19-20H2,1-4H3,(H,40,47). The Kier molecular flexibility index (Phi) is 8.80. The van der Waals surface area contributed by atoms with Crippen molar-refractivity contribution in [3.63, 3.8) is 0 Å². The molecule has 15 heteroatoms. The van der Waals surface area contributed by atoms with E-state index < -0.39 is 34.9 Å². The fourth-order valence-corrected chi connectivity index (χ4v) is 7.05. The number of alkyl halides is 3. The highest BCUT2D eigenvalue weighted by atomic mass is 19.4. The highest BCUT2D eigenvalue weighted by Gasteiger charge is 2.37. The number of nitrogens with one attached hydrogen (secondary N) is 1. The van der Waals surface area contributed by atoms with Crippen LogP contribution in [-0.2, 0) is 59.3 Å². The summed E-state index contributed by atoms with van der Waals surface area (Å²) in [4.78, 5) is 49.1. The molecule has 0 bridgehead atoms. The van der Waals surface area contributed by atoms with Crippen molar-refractivity contribution in [2.75, 3.05) is 43.0 Å². The second-order valence-electron chi connectivity index (χ2n) is 14.1. The SMILES string of the molecule is CCc1c(N2CCN(C(=O)OC(C)(C)C)CC2)c(=O)n2nc(-c3ccc4c(c3)CCOC4)nc2n1CC(=O)Nc1ccc(C(F)(F)F)c2c1CC2. The third-order valence-electron chi connectivity index (χ3n) is 9.58. The highest BCUT2D eigenvalue weighted by molar-refractivity contribution is 5.92. The first-order valence-corrected chi connectivity index (χ1v) is 17.2. The number of rotatable bonds is 6. The molecule has 7 rings (SSSR count). The third kappa shape index (κ3) is 6.66. The van der Waals surface area contributed by atoms with E-state index in [9.17, 15) is 27.6 Å². The second kappa shape index (κ2) is 13.0. The molecule has 0 atom stereocenters. The van der Waals surface area contributed by atoms with Gasteiger partial charge in [0.1, 0.15) is 17.8 Å². The van der Waals surface area contributed by atoms with E-state index >= 15 is 0 Å². The zero-order valence-electron chi connectivity index (χ0n) is 29.0. The van der Waals surface area contributed by atoms with Crippen molar-refractivity contribution in [1.82, 2.24) is 24.1 Å². The maximum atomic E-state index is 14.3. The number of carbonyl (C=O) groups excluding carboxylic acids is 2. The molecule has 1 saturated heterocycles. The molecule has 1 N–H and O–H groups in total. The lowest BCUT2D eigenvalue weighted by Gasteiger charge is -2.37. The van der Waals surface area contributed by atoms with Crippen LogP contribution in [0.5, 0.6) is 0 Å². The lowest BCUT2D eigenvalue weighted by molar-refractivity contribution is -0.138. The van der Waals surface area contributed by atoms with Gasteiger partial charge in [0.15, 0.2) is 5.82 Å². The van der Waals surface area contributed by atoms with Crippen molar-refractivity contribution in [3.05, 3.63) is 74.2 Å². The maximum Gasteiger partial charge on any atom is 0.416 e. The first-order valence-electron chi connectivity index (χ1n) is 17.2. The Morgan fingerprint density at radius 3 is 2.39 bits per heavy atom. The number of ether oxygens (including phenoxy) is 2. The van der Waals surface area contributed by atoms with Gasteiger partial charge in [0.2, 0.25) is 11.7 Å². The summed E-state index contributed by atoms with van der Waals surface area (Å²) in [7, 11) is 0. The van der Waals surface area contributed by atoms with Gasteiger partial charge in [0, 0.05) is 37.4 Å². The number of benzene rings is 2. The van der Waals surface area contributed by atoms with E-state index in [1.807, 2.05) is 30.0 Å². The summed E-state index contributed by atoms with van der Waals surface area (Å²) in [5.74, 6) is -0.00340. The summed E-state index contributed by atoms with van der Waals surface area (Å²) in [5, 5.41) is 7.48. The highest BCUT2D eigenvalue weighted by Crippen LogP contribution is 2.41. The Morgan fingerprint density at radius 1 is 0.980 bits per heavy atom. The average Bonchev–Trinajstić information content (AvgIpc) is 3.51. The zero-order chi connectivity index (χ0) is 36.2. The number of piperazine rings is 1. The minimum Gasteiger partial charge on any atom is -0.444 e. The van der Waals surface area contributed by atoms with Crippen molar-refractivity contribution in [2.24, 2.45) is 0 Å². The lowest BCUT2D eigenvalue weighted by atomic mass is 9.83.